The number of aryl methyl sites for hydroxylation is 1. The summed E-state index contributed by atoms with van der Waals surface area (Å²) in [6.45, 7) is 0. The van der Waals surface area contributed by atoms with Crippen LogP contribution in [0.5, 0.6) is 0 Å². The van der Waals surface area contributed by atoms with E-state index in [0.29, 0.717) is 0 Å². The predicted octanol–water partition coefficient (Wildman–Crippen LogP) is 1.35. The van der Waals surface area contributed by atoms with E-state index in [4.69, 9.17) is 0 Å². The summed E-state index contributed by atoms with van der Waals surface area (Å²) >= 11 is 0. The number of imidazole rings is 1. The fraction of sp³-hybridized carbons (Fsp3) is 0.500. The average molecular weight is 178 g/mol. The maximum atomic E-state index is 9.46. The van der Waals surface area contributed by atoms with Crippen LogP contribution in [0.1, 0.15) is 25.1 Å². The highest BCUT2D eigenvalue weighted by atomic mass is 16.3. The van der Waals surface area contributed by atoms with Crippen molar-refractivity contribution >= 4 is 5.57 Å². The van der Waals surface area contributed by atoms with Gasteiger partial charge in [0.2, 0.25) is 0 Å². The summed E-state index contributed by atoms with van der Waals surface area (Å²) in [5.41, 5.74) is 1.17. The first-order valence-corrected chi connectivity index (χ1v) is 4.64. The number of aliphatic hydroxyl groups excluding tert-OH is 1. The zero-order chi connectivity index (χ0) is 9.26. The Morgan fingerprint density at radius 3 is 3.08 bits per heavy atom. The van der Waals surface area contributed by atoms with Crippen LogP contribution in [0.25, 0.3) is 5.57 Å². The lowest BCUT2D eigenvalue weighted by Crippen LogP contribution is -2.10. The summed E-state index contributed by atoms with van der Waals surface area (Å²) < 4.78 is 1.99. The molecular weight excluding hydrogens is 164 g/mol. The standard InChI is InChI=1S/C10H14N2O/c1-12-6-5-11-10(12)8-3-2-4-9(13)7-8/h5-7,9,13H,2-4H2,1H3. The molecule has 0 bridgehead atoms. The molecule has 0 saturated heterocycles. The molecule has 0 aromatic carbocycles. The van der Waals surface area contributed by atoms with Gasteiger partial charge in [-0.05, 0) is 30.9 Å². The minimum absolute atomic E-state index is 0.277. The van der Waals surface area contributed by atoms with Crippen LogP contribution in [-0.2, 0) is 7.05 Å². The molecule has 1 aliphatic carbocycles. The van der Waals surface area contributed by atoms with E-state index >= 15 is 0 Å². The van der Waals surface area contributed by atoms with Crippen molar-refractivity contribution < 1.29 is 5.11 Å². The Labute approximate surface area is 77.7 Å². The molecule has 0 fully saturated rings. The molecule has 1 aromatic heterocycles. The number of hydrogen-bond donors (Lipinski definition) is 1. The molecule has 1 aromatic rings. The summed E-state index contributed by atoms with van der Waals surface area (Å²) in [4.78, 5) is 4.26. The second-order valence-electron chi connectivity index (χ2n) is 3.51. The van der Waals surface area contributed by atoms with E-state index in [1.807, 2.05) is 23.9 Å². The molecule has 2 rings (SSSR count). The fourth-order valence-electron chi connectivity index (χ4n) is 1.76. The van der Waals surface area contributed by atoms with Gasteiger partial charge in [-0.25, -0.2) is 4.98 Å². The Hall–Kier alpha value is -1.09. The average Bonchev–Trinajstić information content (AvgIpc) is 2.51. The number of aromatic nitrogens is 2. The van der Waals surface area contributed by atoms with Crippen molar-refractivity contribution in [2.24, 2.45) is 7.05 Å². The molecule has 1 heterocycles. The Balaban J connectivity index is 2.30. The van der Waals surface area contributed by atoms with Crippen LogP contribution < -0.4 is 0 Å². The third-order valence-electron chi connectivity index (χ3n) is 2.45. The molecule has 0 spiro atoms. The Bertz CT molecular complexity index is 327. The molecule has 1 aliphatic rings. The number of nitrogens with zero attached hydrogens (tertiary/aromatic N) is 2. The maximum absolute atomic E-state index is 9.46. The monoisotopic (exact) mass is 178 g/mol. The van der Waals surface area contributed by atoms with Crippen molar-refractivity contribution in [2.45, 2.75) is 25.4 Å². The van der Waals surface area contributed by atoms with Gasteiger partial charge in [-0.2, -0.15) is 0 Å². The summed E-state index contributed by atoms with van der Waals surface area (Å²) in [5.74, 6) is 0.985. The van der Waals surface area contributed by atoms with E-state index in [-0.39, 0.29) is 6.10 Å². The zero-order valence-electron chi connectivity index (χ0n) is 7.77. The minimum atomic E-state index is -0.277. The molecule has 1 unspecified atom stereocenters. The topological polar surface area (TPSA) is 38.0 Å². The largest absolute Gasteiger partial charge is 0.389 e. The second kappa shape index (κ2) is 3.34. The number of rotatable bonds is 1. The highest BCUT2D eigenvalue weighted by Gasteiger charge is 2.14. The van der Waals surface area contributed by atoms with Gasteiger partial charge in [-0.3, -0.25) is 0 Å². The predicted molar refractivity (Wildman–Crippen MR) is 51.0 cm³/mol. The van der Waals surface area contributed by atoms with Gasteiger partial charge in [0, 0.05) is 19.4 Å². The van der Waals surface area contributed by atoms with Crippen molar-refractivity contribution in [3.8, 4) is 0 Å². The van der Waals surface area contributed by atoms with Crippen LogP contribution in [0.3, 0.4) is 0 Å². The van der Waals surface area contributed by atoms with Crippen LogP contribution >= 0.6 is 0 Å². The third-order valence-corrected chi connectivity index (χ3v) is 2.45. The Morgan fingerprint density at radius 1 is 1.62 bits per heavy atom. The van der Waals surface area contributed by atoms with Crippen molar-refractivity contribution in [1.29, 1.82) is 0 Å². The van der Waals surface area contributed by atoms with Crippen molar-refractivity contribution in [3.05, 3.63) is 24.3 Å². The van der Waals surface area contributed by atoms with Gasteiger partial charge in [-0.1, -0.05) is 0 Å². The first-order valence-electron chi connectivity index (χ1n) is 4.64. The van der Waals surface area contributed by atoms with Crippen LogP contribution in [0.4, 0.5) is 0 Å². The number of aliphatic hydroxyl groups is 1. The number of allylic oxidation sites excluding steroid dienone is 1. The summed E-state index contributed by atoms with van der Waals surface area (Å²) in [7, 11) is 1.98. The number of hydrogen-bond acceptors (Lipinski definition) is 2. The first-order chi connectivity index (χ1) is 6.27. The van der Waals surface area contributed by atoms with Crippen LogP contribution in [-0.4, -0.2) is 20.8 Å². The SMILES string of the molecule is Cn1ccnc1C1=CC(O)CCC1. The fourth-order valence-corrected chi connectivity index (χ4v) is 1.76. The van der Waals surface area contributed by atoms with Crippen LogP contribution in [0.15, 0.2) is 18.5 Å². The Morgan fingerprint density at radius 2 is 2.46 bits per heavy atom. The first kappa shape index (κ1) is 8.51. The molecule has 70 valence electrons. The van der Waals surface area contributed by atoms with E-state index < -0.39 is 0 Å². The molecule has 3 heteroatoms. The van der Waals surface area contributed by atoms with E-state index in [0.717, 1.165) is 25.1 Å². The second-order valence-corrected chi connectivity index (χ2v) is 3.51. The summed E-state index contributed by atoms with van der Waals surface area (Å²) in [5, 5.41) is 9.46. The van der Waals surface area contributed by atoms with Gasteiger partial charge in [0.25, 0.3) is 0 Å². The molecule has 1 atom stereocenters. The van der Waals surface area contributed by atoms with Crippen molar-refractivity contribution in [3.63, 3.8) is 0 Å². The molecular formula is C10H14N2O. The highest BCUT2D eigenvalue weighted by Crippen LogP contribution is 2.25. The van der Waals surface area contributed by atoms with Gasteiger partial charge in [0.05, 0.1) is 6.10 Å². The Kier molecular flexibility index (Phi) is 2.19. The molecule has 3 nitrogen and oxygen atoms in total. The zero-order valence-corrected chi connectivity index (χ0v) is 7.77. The minimum Gasteiger partial charge on any atom is -0.389 e. The molecule has 0 saturated carbocycles. The lowest BCUT2D eigenvalue weighted by molar-refractivity contribution is 0.206. The van der Waals surface area contributed by atoms with Crippen molar-refractivity contribution in [1.82, 2.24) is 9.55 Å². The van der Waals surface area contributed by atoms with E-state index in [2.05, 4.69) is 4.98 Å². The van der Waals surface area contributed by atoms with Crippen molar-refractivity contribution in [2.75, 3.05) is 0 Å². The molecule has 0 aliphatic heterocycles. The van der Waals surface area contributed by atoms with E-state index in [1.165, 1.54) is 5.57 Å². The third kappa shape index (κ3) is 1.65. The lowest BCUT2D eigenvalue weighted by Gasteiger charge is -2.16. The van der Waals surface area contributed by atoms with Crippen LogP contribution in [0.2, 0.25) is 0 Å². The maximum Gasteiger partial charge on any atom is 0.135 e. The lowest BCUT2D eigenvalue weighted by atomic mass is 9.97. The van der Waals surface area contributed by atoms with E-state index in [1.54, 1.807) is 6.20 Å². The molecule has 0 amide bonds. The molecule has 0 radical (unpaired) electrons. The smallest absolute Gasteiger partial charge is 0.135 e. The van der Waals surface area contributed by atoms with Gasteiger partial charge in [-0.15, -0.1) is 0 Å². The summed E-state index contributed by atoms with van der Waals surface area (Å²) in [6.07, 6.45) is 8.33. The van der Waals surface area contributed by atoms with Gasteiger partial charge < -0.3 is 9.67 Å². The van der Waals surface area contributed by atoms with E-state index in [9.17, 15) is 5.11 Å². The van der Waals surface area contributed by atoms with Gasteiger partial charge >= 0.3 is 0 Å². The quantitative estimate of drug-likeness (QED) is 0.705. The summed E-state index contributed by atoms with van der Waals surface area (Å²) in [6, 6.07) is 0. The highest BCUT2D eigenvalue weighted by molar-refractivity contribution is 5.61. The van der Waals surface area contributed by atoms with Gasteiger partial charge in [0.15, 0.2) is 0 Å². The van der Waals surface area contributed by atoms with Crippen LogP contribution in [0, 0.1) is 0 Å². The normalized spacial score (nSPS) is 22.9. The van der Waals surface area contributed by atoms with Gasteiger partial charge in [0.1, 0.15) is 5.82 Å². The molecule has 13 heavy (non-hydrogen) atoms. The molecule has 1 N–H and O–H groups in total.